The van der Waals surface area contributed by atoms with E-state index in [1.807, 2.05) is 31.0 Å². The van der Waals surface area contributed by atoms with E-state index in [0.717, 1.165) is 24.0 Å². The summed E-state index contributed by atoms with van der Waals surface area (Å²) in [5, 5.41) is 13.2. The van der Waals surface area contributed by atoms with Crippen molar-refractivity contribution in [2.24, 2.45) is 0 Å². The van der Waals surface area contributed by atoms with Gasteiger partial charge in [-0.2, -0.15) is 20.2 Å². The number of rotatable bonds is 7. The van der Waals surface area contributed by atoms with Crippen molar-refractivity contribution in [2.45, 2.75) is 50.1 Å². The zero-order valence-electron chi connectivity index (χ0n) is 21.8. The number of hydrogen-bond donors (Lipinski definition) is 3. The van der Waals surface area contributed by atoms with Crippen LogP contribution in [-0.4, -0.2) is 58.6 Å². The number of thiophene rings is 1. The molecule has 202 valence electrons. The highest BCUT2D eigenvalue weighted by Crippen LogP contribution is 2.52. The Morgan fingerprint density at radius 3 is 2.87 bits per heavy atom. The standard InChI is InChI=1S/C26H30N10O2S/c1-14(16-4-3-9-30-21(16)28)35(2)23-32-24(34-25(33-23)38-11-15-5-6-19(37)31-15)36-12-26(13-36)8-7-18-20(26)17(10-27)22(29)39-18/h3-4,9,14-15H,5-8,11-13,29H2,1-2H3,(H2,28,30)(H,31,37)/t14?,15-/m0/s1. The summed E-state index contributed by atoms with van der Waals surface area (Å²) >= 11 is 1.53. The molecule has 2 atom stereocenters. The van der Waals surface area contributed by atoms with E-state index < -0.39 is 0 Å². The van der Waals surface area contributed by atoms with E-state index in [4.69, 9.17) is 21.2 Å². The minimum Gasteiger partial charge on any atom is -0.461 e. The number of aryl methyl sites for hydroxylation is 1. The third-order valence-corrected chi connectivity index (χ3v) is 9.14. The molecule has 0 aromatic carbocycles. The Morgan fingerprint density at radius 1 is 1.33 bits per heavy atom. The third kappa shape index (κ3) is 4.34. The molecule has 12 nitrogen and oxygen atoms in total. The molecule has 3 aromatic heterocycles. The Morgan fingerprint density at radius 2 is 2.15 bits per heavy atom. The zero-order valence-corrected chi connectivity index (χ0v) is 22.7. The molecular weight excluding hydrogens is 516 g/mol. The fourth-order valence-corrected chi connectivity index (χ4v) is 6.95. The van der Waals surface area contributed by atoms with Gasteiger partial charge in [0.25, 0.3) is 0 Å². The largest absolute Gasteiger partial charge is 0.461 e. The molecule has 3 aromatic rings. The molecule has 0 saturated carbocycles. The highest BCUT2D eigenvalue weighted by molar-refractivity contribution is 7.16. The second kappa shape index (κ2) is 9.53. The van der Waals surface area contributed by atoms with Crippen molar-refractivity contribution in [1.29, 1.82) is 5.26 Å². The predicted octanol–water partition coefficient (Wildman–Crippen LogP) is 1.92. The Hall–Kier alpha value is -4.18. The van der Waals surface area contributed by atoms with E-state index in [9.17, 15) is 10.1 Å². The second-order valence-corrected chi connectivity index (χ2v) is 11.6. The second-order valence-electron chi connectivity index (χ2n) is 10.5. The summed E-state index contributed by atoms with van der Waals surface area (Å²) in [7, 11) is 1.89. The molecule has 13 heteroatoms. The highest BCUT2D eigenvalue weighted by atomic mass is 32.1. The van der Waals surface area contributed by atoms with Crippen molar-refractivity contribution in [1.82, 2.24) is 25.3 Å². The number of fused-ring (bicyclic) bond motifs is 2. The van der Waals surface area contributed by atoms with Crippen LogP contribution in [0.1, 0.15) is 53.8 Å². The summed E-state index contributed by atoms with van der Waals surface area (Å²) in [5.74, 6) is 1.41. The summed E-state index contributed by atoms with van der Waals surface area (Å²) < 4.78 is 5.99. The third-order valence-electron chi connectivity index (χ3n) is 8.06. The first-order chi connectivity index (χ1) is 18.8. The first kappa shape index (κ1) is 25.1. The number of nitrogens with zero attached hydrogens (tertiary/aromatic N) is 7. The Bertz CT molecular complexity index is 1480. The maximum absolute atomic E-state index is 11.6. The molecule has 39 heavy (non-hydrogen) atoms. The number of nitrogens with two attached hydrogens (primary N) is 2. The molecule has 3 aliphatic rings. The number of carbonyl (C=O) groups excluding carboxylic acids is 1. The van der Waals surface area contributed by atoms with Gasteiger partial charge in [-0.15, -0.1) is 11.3 Å². The summed E-state index contributed by atoms with van der Waals surface area (Å²) in [5.41, 5.74) is 14.8. The summed E-state index contributed by atoms with van der Waals surface area (Å²) in [6.45, 7) is 3.65. The van der Waals surface area contributed by atoms with Gasteiger partial charge in [-0.1, -0.05) is 6.07 Å². The number of pyridine rings is 1. The molecule has 2 aliphatic heterocycles. The lowest BCUT2D eigenvalue weighted by Crippen LogP contribution is -2.59. The van der Waals surface area contributed by atoms with Crippen molar-refractivity contribution in [2.75, 3.05) is 48.0 Å². The number of nitriles is 1. The predicted molar refractivity (Wildman–Crippen MR) is 148 cm³/mol. The maximum Gasteiger partial charge on any atom is 0.323 e. The summed E-state index contributed by atoms with van der Waals surface area (Å²) in [6.07, 6.45) is 4.76. The van der Waals surface area contributed by atoms with Gasteiger partial charge >= 0.3 is 6.01 Å². The topological polar surface area (TPSA) is 172 Å². The lowest BCUT2D eigenvalue weighted by molar-refractivity contribution is -0.119. The van der Waals surface area contributed by atoms with Gasteiger partial charge in [-0.25, -0.2) is 4.98 Å². The average molecular weight is 547 g/mol. The van der Waals surface area contributed by atoms with E-state index in [0.29, 0.717) is 54.2 Å². The van der Waals surface area contributed by atoms with Crippen molar-refractivity contribution < 1.29 is 9.53 Å². The fraction of sp³-hybridized carbons (Fsp3) is 0.462. The van der Waals surface area contributed by atoms with Gasteiger partial charge in [0.15, 0.2) is 0 Å². The van der Waals surface area contributed by atoms with E-state index in [-0.39, 0.29) is 36.0 Å². The molecule has 1 aliphatic carbocycles. The van der Waals surface area contributed by atoms with Gasteiger partial charge in [-0.05, 0) is 37.8 Å². The van der Waals surface area contributed by atoms with Crippen LogP contribution in [0.4, 0.5) is 22.7 Å². The minimum atomic E-state index is -0.164. The van der Waals surface area contributed by atoms with Crippen LogP contribution in [-0.2, 0) is 16.6 Å². The van der Waals surface area contributed by atoms with Crippen LogP contribution < -0.4 is 31.3 Å². The van der Waals surface area contributed by atoms with Gasteiger partial charge in [0, 0.05) is 48.6 Å². The lowest BCUT2D eigenvalue weighted by atomic mass is 9.74. The van der Waals surface area contributed by atoms with Gasteiger partial charge in [0.05, 0.1) is 17.6 Å². The van der Waals surface area contributed by atoms with Crippen LogP contribution in [0.15, 0.2) is 18.3 Å². The number of hydrogen-bond acceptors (Lipinski definition) is 12. The van der Waals surface area contributed by atoms with E-state index >= 15 is 0 Å². The fourth-order valence-electron chi connectivity index (χ4n) is 5.81. The summed E-state index contributed by atoms with van der Waals surface area (Å²) in [4.78, 5) is 35.1. The van der Waals surface area contributed by atoms with Crippen LogP contribution in [0.5, 0.6) is 6.01 Å². The molecule has 0 bridgehead atoms. The number of carbonyl (C=O) groups is 1. The number of nitrogens with one attached hydrogen (secondary N) is 1. The van der Waals surface area contributed by atoms with Crippen LogP contribution in [0.25, 0.3) is 0 Å². The van der Waals surface area contributed by atoms with Crippen LogP contribution in [0.2, 0.25) is 0 Å². The van der Waals surface area contributed by atoms with Crippen LogP contribution in [0.3, 0.4) is 0 Å². The minimum absolute atomic E-state index is 0.0239. The van der Waals surface area contributed by atoms with Gasteiger partial charge in [0.1, 0.15) is 23.5 Å². The molecule has 6 rings (SSSR count). The molecule has 1 unspecified atom stereocenters. The molecule has 1 amide bonds. The number of nitrogen functional groups attached to an aromatic ring is 2. The van der Waals surface area contributed by atoms with E-state index in [1.165, 1.54) is 16.2 Å². The Balaban J connectivity index is 1.28. The first-order valence-corrected chi connectivity index (χ1v) is 13.8. The normalized spacial score (nSPS) is 19.8. The molecule has 1 spiro atoms. The average Bonchev–Trinajstić information content (AvgIpc) is 3.59. The van der Waals surface area contributed by atoms with Crippen molar-refractivity contribution in [3.63, 3.8) is 0 Å². The molecule has 5 heterocycles. The van der Waals surface area contributed by atoms with Crippen LogP contribution in [0, 0.1) is 11.3 Å². The quantitative estimate of drug-likeness (QED) is 0.395. The number of amides is 1. The Labute approximate surface area is 230 Å². The van der Waals surface area contributed by atoms with Crippen molar-refractivity contribution in [3.8, 4) is 12.1 Å². The van der Waals surface area contributed by atoms with Crippen molar-refractivity contribution in [3.05, 3.63) is 39.9 Å². The first-order valence-electron chi connectivity index (χ1n) is 13.0. The monoisotopic (exact) mass is 546 g/mol. The van der Waals surface area contributed by atoms with E-state index in [2.05, 4.69) is 31.2 Å². The smallest absolute Gasteiger partial charge is 0.323 e. The van der Waals surface area contributed by atoms with E-state index in [1.54, 1.807) is 6.20 Å². The zero-order chi connectivity index (χ0) is 27.3. The Kier molecular flexibility index (Phi) is 6.14. The highest BCUT2D eigenvalue weighted by Gasteiger charge is 2.52. The molecule has 0 radical (unpaired) electrons. The molecular formula is C26H30N10O2S. The molecule has 5 N–H and O–H groups in total. The van der Waals surface area contributed by atoms with Crippen LogP contribution >= 0.6 is 11.3 Å². The maximum atomic E-state index is 11.6. The summed E-state index contributed by atoms with van der Waals surface area (Å²) in [6, 6.07) is 6.05. The lowest BCUT2D eigenvalue weighted by Gasteiger charge is -2.48. The number of ether oxygens (including phenoxy) is 1. The van der Waals surface area contributed by atoms with Gasteiger partial charge < -0.3 is 31.3 Å². The van der Waals surface area contributed by atoms with Gasteiger partial charge in [0.2, 0.25) is 17.8 Å². The SMILES string of the molecule is CC(c1cccnc1N)N(C)c1nc(OC[C@@H]2CCC(=O)N2)nc(N2CC3(CCc4sc(N)c(C#N)c43)C2)n1. The molecule has 2 saturated heterocycles. The molecule has 2 fully saturated rings. The van der Waals surface area contributed by atoms with Crippen molar-refractivity contribution >= 4 is 40.0 Å². The number of anilines is 4. The van der Waals surface area contributed by atoms with Gasteiger partial charge in [-0.3, -0.25) is 4.79 Å². The number of aromatic nitrogens is 4.